The van der Waals surface area contributed by atoms with Crippen LogP contribution in [0.4, 0.5) is 10.6 Å². The maximum absolute atomic E-state index is 12.5. The summed E-state index contributed by atoms with van der Waals surface area (Å²) in [5.41, 5.74) is 2.85. The van der Waals surface area contributed by atoms with Crippen LogP contribution in [0.15, 0.2) is 30.3 Å². The summed E-state index contributed by atoms with van der Waals surface area (Å²) >= 11 is 0. The number of anilines is 1. The van der Waals surface area contributed by atoms with E-state index >= 15 is 0 Å². The van der Waals surface area contributed by atoms with Gasteiger partial charge in [0, 0.05) is 37.7 Å². The first-order chi connectivity index (χ1) is 16.1. The monoisotopic (exact) mass is 453 g/mol. The van der Waals surface area contributed by atoms with Gasteiger partial charge in [0.25, 0.3) is 0 Å². The number of fused-ring (bicyclic) bond motifs is 1. The summed E-state index contributed by atoms with van der Waals surface area (Å²) in [5.74, 6) is 1.55. The molecule has 0 spiro atoms. The number of carbonyl (C=O) groups excluding carboxylic acids is 2. The average Bonchev–Trinajstić information content (AvgIpc) is 2.84. The quantitative estimate of drug-likeness (QED) is 0.717. The van der Waals surface area contributed by atoms with E-state index in [-0.39, 0.29) is 18.0 Å². The van der Waals surface area contributed by atoms with Gasteiger partial charge >= 0.3 is 6.09 Å². The van der Waals surface area contributed by atoms with Crippen molar-refractivity contribution < 1.29 is 19.1 Å². The van der Waals surface area contributed by atoms with E-state index in [9.17, 15) is 9.59 Å². The number of hydrogen-bond donors (Lipinski definition) is 1. The first-order valence-electron chi connectivity index (χ1n) is 11.5. The van der Waals surface area contributed by atoms with E-state index in [2.05, 4.69) is 20.4 Å². The van der Waals surface area contributed by atoms with Gasteiger partial charge in [0.1, 0.15) is 5.75 Å². The Morgan fingerprint density at radius 2 is 1.94 bits per heavy atom. The van der Waals surface area contributed by atoms with Crippen LogP contribution in [-0.4, -0.2) is 66.5 Å². The Labute approximate surface area is 194 Å². The highest BCUT2D eigenvalue weighted by molar-refractivity contribution is 5.79. The van der Waals surface area contributed by atoms with Crippen LogP contribution < -0.4 is 15.0 Å². The number of hydrogen-bond acceptors (Lipinski definition) is 7. The van der Waals surface area contributed by atoms with Crippen molar-refractivity contribution in [1.82, 2.24) is 20.4 Å². The van der Waals surface area contributed by atoms with Crippen LogP contribution in [0.25, 0.3) is 0 Å². The van der Waals surface area contributed by atoms with Crippen LogP contribution in [0.1, 0.15) is 36.6 Å². The van der Waals surface area contributed by atoms with Gasteiger partial charge in [-0.05, 0) is 37.5 Å². The number of methoxy groups -OCH3 is 1. The lowest BCUT2D eigenvalue weighted by Crippen LogP contribution is -2.45. The highest BCUT2D eigenvalue weighted by Crippen LogP contribution is 2.24. The lowest BCUT2D eigenvalue weighted by molar-refractivity contribution is -0.121. The fourth-order valence-corrected chi connectivity index (χ4v) is 4.40. The molecule has 2 aliphatic heterocycles. The molecule has 4 rings (SSSR count). The van der Waals surface area contributed by atoms with Gasteiger partial charge < -0.3 is 24.6 Å². The smallest absolute Gasteiger partial charge is 0.410 e. The molecule has 0 aliphatic carbocycles. The van der Waals surface area contributed by atoms with Crippen LogP contribution in [0, 0.1) is 0 Å². The summed E-state index contributed by atoms with van der Waals surface area (Å²) in [6.07, 6.45) is 2.38. The number of benzene rings is 1. The second-order valence-corrected chi connectivity index (χ2v) is 8.36. The zero-order valence-corrected chi connectivity index (χ0v) is 19.2. The van der Waals surface area contributed by atoms with Crippen LogP contribution in [0.5, 0.6) is 5.75 Å². The number of nitrogens with one attached hydrogen (secondary N) is 1. The highest BCUT2D eigenvalue weighted by atomic mass is 16.6. The molecule has 9 heteroatoms. The van der Waals surface area contributed by atoms with E-state index in [1.54, 1.807) is 12.0 Å². The van der Waals surface area contributed by atoms with Gasteiger partial charge in [-0.15, -0.1) is 5.10 Å². The first kappa shape index (κ1) is 22.8. The van der Waals surface area contributed by atoms with Gasteiger partial charge in [0.05, 0.1) is 32.4 Å². The summed E-state index contributed by atoms with van der Waals surface area (Å²) in [7, 11) is 1.62. The summed E-state index contributed by atoms with van der Waals surface area (Å²) in [6.45, 7) is 4.84. The normalized spacial score (nSPS) is 16.2. The first-order valence-corrected chi connectivity index (χ1v) is 11.5. The summed E-state index contributed by atoms with van der Waals surface area (Å²) in [5, 5.41) is 12.0. The van der Waals surface area contributed by atoms with Gasteiger partial charge in [0.15, 0.2) is 5.82 Å². The third-order valence-corrected chi connectivity index (χ3v) is 6.18. The molecule has 33 heavy (non-hydrogen) atoms. The summed E-state index contributed by atoms with van der Waals surface area (Å²) in [6, 6.07) is 9.76. The lowest BCUT2D eigenvalue weighted by Gasteiger charge is -2.34. The van der Waals surface area contributed by atoms with Crippen molar-refractivity contribution in [1.29, 1.82) is 0 Å². The number of aromatic nitrogens is 2. The molecule has 3 heterocycles. The molecule has 1 saturated heterocycles. The third-order valence-electron chi connectivity index (χ3n) is 6.18. The predicted molar refractivity (Wildman–Crippen MR) is 123 cm³/mol. The number of piperidine rings is 1. The van der Waals surface area contributed by atoms with Gasteiger partial charge in [-0.1, -0.05) is 18.2 Å². The second-order valence-electron chi connectivity index (χ2n) is 8.36. The molecule has 0 radical (unpaired) electrons. The van der Waals surface area contributed by atoms with Crippen molar-refractivity contribution in [3.05, 3.63) is 47.2 Å². The molecular weight excluding hydrogens is 422 g/mol. The molecule has 2 aromatic rings. The fourth-order valence-electron chi connectivity index (χ4n) is 4.40. The van der Waals surface area contributed by atoms with Crippen molar-refractivity contribution in [3.63, 3.8) is 0 Å². The van der Waals surface area contributed by atoms with Gasteiger partial charge in [-0.25, -0.2) is 4.79 Å². The molecule has 9 nitrogen and oxygen atoms in total. The Hall–Kier alpha value is -3.36. The van der Waals surface area contributed by atoms with Crippen LogP contribution in [0.3, 0.4) is 0 Å². The predicted octanol–water partition coefficient (Wildman–Crippen LogP) is 2.33. The molecule has 1 aromatic carbocycles. The number of rotatable bonds is 6. The van der Waals surface area contributed by atoms with Crippen molar-refractivity contribution in [2.45, 2.75) is 45.2 Å². The number of para-hydroxylation sites is 1. The van der Waals surface area contributed by atoms with Gasteiger partial charge in [0.2, 0.25) is 5.91 Å². The Morgan fingerprint density at radius 1 is 1.15 bits per heavy atom. The molecule has 1 aromatic heterocycles. The molecule has 0 atom stereocenters. The summed E-state index contributed by atoms with van der Waals surface area (Å²) < 4.78 is 10.5. The standard InChI is InChI=1S/C24H31N5O4/c1-3-33-24(31)29-13-10-20-18(16-29)14-22(27-26-20)28-11-8-19(9-12-28)25-23(30)15-17-6-4-5-7-21(17)32-2/h4-7,14,19H,3,8-13,15-16H2,1-2H3,(H,25,30). The largest absolute Gasteiger partial charge is 0.496 e. The average molecular weight is 454 g/mol. The number of nitrogens with zero attached hydrogens (tertiary/aromatic N) is 4. The number of amides is 2. The maximum Gasteiger partial charge on any atom is 0.410 e. The zero-order chi connectivity index (χ0) is 23.2. The highest BCUT2D eigenvalue weighted by Gasteiger charge is 2.26. The van der Waals surface area contributed by atoms with Crippen LogP contribution in [0.2, 0.25) is 0 Å². The van der Waals surface area contributed by atoms with E-state index in [1.165, 1.54) is 0 Å². The molecule has 0 bridgehead atoms. The number of carbonyl (C=O) groups is 2. The summed E-state index contributed by atoms with van der Waals surface area (Å²) in [4.78, 5) is 28.5. The SMILES string of the molecule is CCOC(=O)N1CCc2nnc(N3CCC(NC(=O)Cc4ccccc4OC)CC3)cc2C1. The van der Waals surface area contributed by atoms with Crippen molar-refractivity contribution in [2.75, 3.05) is 38.3 Å². The Kier molecular flexibility index (Phi) is 7.26. The molecule has 0 saturated carbocycles. The van der Waals surface area contributed by atoms with E-state index in [1.807, 2.05) is 37.3 Å². The second kappa shape index (κ2) is 10.5. The minimum atomic E-state index is -0.286. The Morgan fingerprint density at radius 3 is 2.70 bits per heavy atom. The van der Waals surface area contributed by atoms with Gasteiger partial charge in [-0.3, -0.25) is 4.79 Å². The minimum Gasteiger partial charge on any atom is -0.496 e. The van der Waals surface area contributed by atoms with E-state index < -0.39 is 0 Å². The molecule has 0 unspecified atom stereocenters. The van der Waals surface area contributed by atoms with Crippen LogP contribution >= 0.6 is 0 Å². The van der Waals surface area contributed by atoms with Crippen molar-refractivity contribution in [3.8, 4) is 5.75 Å². The lowest BCUT2D eigenvalue weighted by atomic mass is 10.0. The number of ether oxygens (including phenoxy) is 2. The Bertz CT molecular complexity index is 991. The molecule has 2 aliphatic rings. The zero-order valence-electron chi connectivity index (χ0n) is 19.2. The molecule has 2 amide bonds. The molecule has 176 valence electrons. The van der Waals surface area contributed by atoms with E-state index in [4.69, 9.17) is 9.47 Å². The van der Waals surface area contributed by atoms with Crippen molar-refractivity contribution in [2.24, 2.45) is 0 Å². The van der Waals surface area contributed by atoms with E-state index in [0.717, 1.165) is 54.3 Å². The van der Waals surface area contributed by atoms with Crippen LogP contribution in [-0.2, 0) is 28.9 Å². The fraction of sp³-hybridized carbons (Fsp3) is 0.500. The molecular formula is C24H31N5O4. The maximum atomic E-state index is 12.5. The third kappa shape index (κ3) is 5.53. The van der Waals surface area contributed by atoms with E-state index in [0.29, 0.717) is 32.5 Å². The minimum absolute atomic E-state index is 0.00517. The van der Waals surface area contributed by atoms with Crippen molar-refractivity contribution >= 4 is 17.8 Å². The molecule has 1 N–H and O–H groups in total. The van der Waals surface area contributed by atoms with Gasteiger partial charge in [-0.2, -0.15) is 5.10 Å². The Balaban J connectivity index is 1.31. The topological polar surface area (TPSA) is 96.9 Å². The molecule has 1 fully saturated rings.